The fourth-order valence-electron chi connectivity index (χ4n) is 2.75. The summed E-state index contributed by atoms with van der Waals surface area (Å²) < 4.78 is 0. The summed E-state index contributed by atoms with van der Waals surface area (Å²) in [5.74, 6) is 2.39. The number of rotatable bonds is 4. The van der Waals surface area contributed by atoms with Gasteiger partial charge in [0.05, 0.1) is 0 Å². The maximum absolute atomic E-state index is 11.2. The van der Waals surface area contributed by atoms with Gasteiger partial charge in [0.2, 0.25) is 5.91 Å². The van der Waals surface area contributed by atoms with Crippen molar-refractivity contribution in [2.24, 2.45) is 0 Å². The van der Waals surface area contributed by atoms with Crippen molar-refractivity contribution in [2.75, 3.05) is 28.6 Å². The molecular formula is C17H21N5O. The van der Waals surface area contributed by atoms with Crippen LogP contribution in [0.2, 0.25) is 0 Å². The first-order valence-corrected chi connectivity index (χ1v) is 7.85. The summed E-state index contributed by atoms with van der Waals surface area (Å²) >= 11 is 0. The Morgan fingerprint density at radius 1 is 1.13 bits per heavy atom. The summed E-state index contributed by atoms with van der Waals surface area (Å²) in [5, 5.41) is 6.07. The number of hydrogen-bond acceptors (Lipinski definition) is 5. The first-order chi connectivity index (χ1) is 11.1. The van der Waals surface area contributed by atoms with Crippen LogP contribution in [-0.2, 0) is 4.79 Å². The van der Waals surface area contributed by atoms with E-state index in [-0.39, 0.29) is 5.91 Å². The lowest BCUT2D eigenvalue weighted by atomic mass is 10.2. The van der Waals surface area contributed by atoms with E-state index in [0.717, 1.165) is 41.9 Å². The number of benzene rings is 1. The molecule has 0 bridgehead atoms. The Balaban J connectivity index is 1.80. The Morgan fingerprint density at radius 3 is 2.61 bits per heavy atom. The van der Waals surface area contributed by atoms with Gasteiger partial charge in [-0.15, -0.1) is 0 Å². The highest BCUT2D eigenvalue weighted by Gasteiger charge is 2.15. The number of nitrogens with zero attached hydrogens (tertiary/aromatic N) is 3. The summed E-state index contributed by atoms with van der Waals surface area (Å²) in [5.41, 5.74) is 1.63. The predicted molar refractivity (Wildman–Crippen MR) is 92.2 cm³/mol. The van der Waals surface area contributed by atoms with Gasteiger partial charge in [-0.25, -0.2) is 9.97 Å². The second-order valence-electron chi connectivity index (χ2n) is 5.74. The fraction of sp³-hybridized carbons (Fsp3) is 0.353. The lowest BCUT2D eigenvalue weighted by molar-refractivity contribution is -0.114. The molecule has 2 aromatic rings. The topological polar surface area (TPSA) is 70.2 Å². The number of nitrogens with one attached hydrogen (secondary N) is 2. The molecule has 6 nitrogen and oxygen atoms in total. The molecule has 1 aromatic carbocycles. The Hall–Kier alpha value is -2.63. The molecule has 1 aliphatic rings. The molecule has 1 amide bonds. The molecule has 3 rings (SSSR count). The van der Waals surface area contributed by atoms with Crippen LogP contribution in [0.5, 0.6) is 0 Å². The first kappa shape index (κ1) is 15.3. The van der Waals surface area contributed by atoms with Crippen molar-refractivity contribution in [3.63, 3.8) is 0 Å². The zero-order chi connectivity index (χ0) is 16.2. The first-order valence-electron chi connectivity index (χ1n) is 7.85. The lowest BCUT2D eigenvalue weighted by Crippen LogP contribution is -2.19. The van der Waals surface area contributed by atoms with Gasteiger partial charge in [-0.1, -0.05) is 6.07 Å². The number of aromatic nitrogens is 2. The average molecular weight is 311 g/mol. The maximum atomic E-state index is 11.2. The Morgan fingerprint density at radius 2 is 1.87 bits per heavy atom. The van der Waals surface area contributed by atoms with Crippen LogP contribution < -0.4 is 15.5 Å². The molecule has 1 saturated heterocycles. The van der Waals surface area contributed by atoms with E-state index >= 15 is 0 Å². The van der Waals surface area contributed by atoms with Crippen LogP contribution in [0.15, 0.2) is 30.3 Å². The van der Waals surface area contributed by atoms with Gasteiger partial charge in [0.1, 0.15) is 17.5 Å². The Labute approximate surface area is 135 Å². The minimum atomic E-state index is -0.0867. The molecule has 23 heavy (non-hydrogen) atoms. The van der Waals surface area contributed by atoms with E-state index in [9.17, 15) is 4.79 Å². The fourth-order valence-corrected chi connectivity index (χ4v) is 2.75. The molecule has 0 atom stereocenters. The minimum Gasteiger partial charge on any atom is -0.356 e. The highest BCUT2D eigenvalue weighted by atomic mass is 16.1. The maximum Gasteiger partial charge on any atom is 0.221 e. The van der Waals surface area contributed by atoms with Gasteiger partial charge in [0.25, 0.3) is 0 Å². The number of aryl methyl sites for hydroxylation is 1. The molecule has 2 N–H and O–H groups in total. The highest BCUT2D eigenvalue weighted by Crippen LogP contribution is 2.24. The molecule has 0 spiro atoms. The highest BCUT2D eigenvalue weighted by molar-refractivity contribution is 5.89. The standard InChI is InChI=1S/C17H21N5O/c1-12-18-16(11-17(19-12)22-8-3-4-9-22)21-15-7-5-6-14(10-15)20-13(2)23/h5-7,10-11H,3-4,8-9H2,1-2H3,(H,20,23)(H,18,19,21). The van der Waals surface area contributed by atoms with Gasteiger partial charge >= 0.3 is 0 Å². The quantitative estimate of drug-likeness (QED) is 0.908. The van der Waals surface area contributed by atoms with Crippen LogP contribution in [0, 0.1) is 6.92 Å². The van der Waals surface area contributed by atoms with Crippen molar-refractivity contribution in [3.8, 4) is 0 Å². The van der Waals surface area contributed by atoms with E-state index in [1.54, 1.807) is 0 Å². The van der Waals surface area contributed by atoms with Crippen molar-refractivity contribution in [1.29, 1.82) is 0 Å². The number of anilines is 4. The van der Waals surface area contributed by atoms with Crippen LogP contribution >= 0.6 is 0 Å². The molecule has 0 radical (unpaired) electrons. The normalized spacial score (nSPS) is 13.9. The lowest BCUT2D eigenvalue weighted by Gasteiger charge is -2.18. The second-order valence-corrected chi connectivity index (χ2v) is 5.74. The summed E-state index contributed by atoms with van der Waals surface area (Å²) in [7, 11) is 0. The third-order valence-corrected chi connectivity index (χ3v) is 3.71. The van der Waals surface area contributed by atoms with Gasteiger partial charge in [0.15, 0.2) is 0 Å². The smallest absolute Gasteiger partial charge is 0.221 e. The van der Waals surface area contributed by atoms with Crippen molar-refractivity contribution >= 4 is 28.9 Å². The van der Waals surface area contributed by atoms with Gasteiger partial charge in [-0.2, -0.15) is 0 Å². The Kier molecular flexibility index (Phi) is 4.41. The molecule has 2 heterocycles. The molecule has 0 unspecified atom stereocenters. The van der Waals surface area contributed by atoms with Gasteiger partial charge in [-0.3, -0.25) is 4.79 Å². The van der Waals surface area contributed by atoms with Gasteiger partial charge in [0, 0.05) is 37.5 Å². The summed E-state index contributed by atoms with van der Waals surface area (Å²) in [6.07, 6.45) is 2.43. The molecule has 6 heteroatoms. The molecule has 1 fully saturated rings. The molecule has 1 aromatic heterocycles. The van der Waals surface area contributed by atoms with Crippen molar-refractivity contribution in [1.82, 2.24) is 9.97 Å². The predicted octanol–water partition coefficient (Wildman–Crippen LogP) is 3.09. The average Bonchev–Trinajstić information content (AvgIpc) is 3.00. The molecule has 120 valence electrons. The minimum absolute atomic E-state index is 0.0867. The Bertz CT molecular complexity index is 710. The molecular weight excluding hydrogens is 290 g/mol. The number of hydrogen-bond donors (Lipinski definition) is 2. The van der Waals surface area contributed by atoms with E-state index in [4.69, 9.17) is 0 Å². The summed E-state index contributed by atoms with van der Waals surface area (Å²) in [6.45, 7) is 5.50. The van der Waals surface area contributed by atoms with Crippen LogP contribution in [0.1, 0.15) is 25.6 Å². The van der Waals surface area contributed by atoms with Crippen molar-refractivity contribution in [2.45, 2.75) is 26.7 Å². The zero-order valence-corrected chi connectivity index (χ0v) is 13.5. The van der Waals surface area contributed by atoms with Crippen LogP contribution in [0.4, 0.5) is 23.0 Å². The van der Waals surface area contributed by atoms with Crippen LogP contribution in [0.3, 0.4) is 0 Å². The summed E-state index contributed by atoms with van der Waals surface area (Å²) in [4.78, 5) is 22.4. The molecule has 1 aliphatic heterocycles. The zero-order valence-electron chi connectivity index (χ0n) is 13.5. The van der Waals surface area contributed by atoms with E-state index in [0.29, 0.717) is 0 Å². The largest absolute Gasteiger partial charge is 0.356 e. The van der Waals surface area contributed by atoms with E-state index in [1.807, 2.05) is 37.3 Å². The van der Waals surface area contributed by atoms with Crippen LogP contribution in [0.25, 0.3) is 0 Å². The van der Waals surface area contributed by atoms with Gasteiger partial charge in [-0.05, 0) is 38.0 Å². The van der Waals surface area contributed by atoms with Crippen LogP contribution in [-0.4, -0.2) is 29.0 Å². The third kappa shape index (κ3) is 3.97. The van der Waals surface area contributed by atoms with E-state index in [2.05, 4.69) is 25.5 Å². The molecule has 0 saturated carbocycles. The number of carbonyl (C=O) groups is 1. The monoisotopic (exact) mass is 311 g/mol. The SMILES string of the molecule is CC(=O)Nc1cccc(Nc2cc(N3CCCC3)nc(C)n2)c1. The van der Waals surface area contributed by atoms with E-state index in [1.165, 1.54) is 19.8 Å². The number of carbonyl (C=O) groups excluding carboxylic acids is 1. The third-order valence-electron chi connectivity index (χ3n) is 3.71. The molecule has 0 aliphatic carbocycles. The van der Waals surface area contributed by atoms with Crippen molar-refractivity contribution in [3.05, 3.63) is 36.2 Å². The van der Waals surface area contributed by atoms with Crippen molar-refractivity contribution < 1.29 is 4.79 Å². The van der Waals surface area contributed by atoms with Gasteiger partial charge < -0.3 is 15.5 Å². The van der Waals surface area contributed by atoms with E-state index < -0.39 is 0 Å². The number of amides is 1. The second kappa shape index (κ2) is 6.64. The summed E-state index contributed by atoms with van der Waals surface area (Å²) in [6, 6.07) is 9.55.